The quantitative estimate of drug-likeness (QED) is 0.612. The van der Waals surface area contributed by atoms with Crippen LogP contribution in [-0.4, -0.2) is 25.4 Å². The Balaban J connectivity index is 2.51. The van der Waals surface area contributed by atoms with Crippen LogP contribution in [0.15, 0.2) is 24.3 Å². The van der Waals surface area contributed by atoms with Crippen LogP contribution in [0.2, 0.25) is 0 Å². The molecule has 1 aromatic carbocycles. The summed E-state index contributed by atoms with van der Waals surface area (Å²) in [7, 11) is 1.68. The number of thiocarbonyl (C=S) groups is 1. The number of hydrogen-bond acceptors (Lipinski definition) is 2. The van der Waals surface area contributed by atoms with E-state index >= 15 is 0 Å². The Labute approximate surface area is 115 Å². The number of methoxy groups -OCH3 is 1. The molecule has 0 amide bonds. The Morgan fingerprint density at radius 2 is 2.00 bits per heavy atom. The van der Waals surface area contributed by atoms with Gasteiger partial charge < -0.3 is 15.4 Å². The largest absolute Gasteiger partial charge is 0.383 e. The number of ether oxygens (including phenoxy) is 1. The van der Waals surface area contributed by atoms with Crippen LogP contribution in [0.4, 0.5) is 0 Å². The zero-order chi connectivity index (χ0) is 13.4. The summed E-state index contributed by atoms with van der Waals surface area (Å²) in [5.74, 6) is 0. The smallest absolute Gasteiger partial charge is 0.166 e. The lowest BCUT2D eigenvalue weighted by Gasteiger charge is -2.20. The van der Waals surface area contributed by atoms with Crippen LogP contribution in [0.1, 0.15) is 30.5 Å². The average Bonchev–Trinajstić information content (AvgIpc) is 2.37. The van der Waals surface area contributed by atoms with E-state index in [0.29, 0.717) is 11.7 Å². The second-order valence-electron chi connectivity index (χ2n) is 4.26. The van der Waals surface area contributed by atoms with Gasteiger partial charge in [-0.1, -0.05) is 36.8 Å². The third-order valence-corrected chi connectivity index (χ3v) is 3.05. The molecule has 1 rings (SSSR count). The van der Waals surface area contributed by atoms with Crippen molar-refractivity contribution in [1.82, 2.24) is 10.6 Å². The highest BCUT2D eigenvalue weighted by atomic mass is 32.1. The van der Waals surface area contributed by atoms with E-state index in [1.54, 1.807) is 7.11 Å². The summed E-state index contributed by atoms with van der Waals surface area (Å²) in [6.45, 7) is 5.63. The highest BCUT2D eigenvalue weighted by Crippen LogP contribution is 2.16. The van der Waals surface area contributed by atoms with E-state index in [9.17, 15) is 0 Å². The molecule has 1 atom stereocenters. The first kappa shape index (κ1) is 14.9. The first-order valence-electron chi connectivity index (χ1n) is 6.27. The molecule has 0 spiro atoms. The predicted octanol–water partition coefficient (Wildman–Crippen LogP) is 2.56. The molecule has 0 bridgehead atoms. The van der Waals surface area contributed by atoms with Crippen molar-refractivity contribution in [3.05, 3.63) is 35.4 Å². The van der Waals surface area contributed by atoms with Crippen LogP contribution >= 0.6 is 12.2 Å². The van der Waals surface area contributed by atoms with Crippen molar-refractivity contribution in [2.75, 3.05) is 20.3 Å². The van der Waals surface area contributed by atoms with Crippen molar-refractivity contribution in [2.24, 2.45) is 0 Å². The summed E-state index contributed by atoms with van der Waals surface area (Å²) < 4.78 is 4.97. The lowest BCUT2D eigenvalue weighted by Crippen LogP contribution is -2.39. The van der Waals surface area contributed by atoms with E-state index in [0.717, 1.165) is 13.0 Å². The van der Waals surface area contributed by atoms with Crippen molar-refractivity contribution < 1.29 is 4.74 Å². The summed E-state index contributed by atoms with van der Waals surface area (Å²) in [5, 5.41) is 7.13. The Morgan fingerprint density at radius 3 is 2.56 bits per heavy atom. The normalized spacial score (nSPS) is 11.9. The summed E-state index contributed by atoms with van der Waals surface area (Å²) in [4.78, 5) is 0. The van der Waals surface area contributed by atoms with Crippen molar-refractivity contribution in [2.45, 2.75) is 26.3 Å². The van der Waals surface area contributed by atoms with Gasteiger partial charge in [-0.2, -0.15) is 0 Å². The number of rotatable bonds is 6. The average molecular weight is 266 g/mol. The minimum Gasteiger partial charge on any atom is -0.383 e. The monoisotopic (exact) mass is 266 g/mol. The van der Waals surface area contributed by atoms with Gasteiger partial charge in [0.05, 0.1) is 12.6 Å². The lowest BCUT2D eigenvalue weighted by molar-refractivity contribution is 0.204. The third-order valence-electron chi connectivity index (χ3n) is 2.79. The minimum atomic E-state index is 0.258. The van der Waals surface area contributed by atoms with Gasteiger partial charge in [0.1, 0.15) is 0 Å². The van der Waals surface area contributed by atoms with E-state index in [1.807, 2.05) is 0 Å². The molecule has 3 nitrogen and oxygen atoms in total. The number of benzene rings is 1. The molecular weight excluding hydrogens is 244 g/mol. The first-order valence-corrected chi connectivity index (χ1v) is 6.68. The van der Waals surface area contributed by atoms with Gasteiger partial charge in [-0.25, -0.2) is 0 Å². The molecule has 2 N–H and O–H groups in total. The van der Waals surface area contributed by atoms with E-state index in [2.05, 4.69) is 48.7 Å². The Kier molecular flexibility index (Phi) is 6.68. The molecule has 0 saturated carbocycles. The first-order chi connectivity index (χ1) is 8.67. The van der Waals surface area contributed by atoms with Crippen molar-refractivity contribution in [3.8, 4) is 0 Å². The number of hydrogen-bond donors (Lipinski definition) is 2. The van der Waals surface area contributed by atoms with Gasteiger partial charge in [0, 0.05) is 13.7 Å². The molecular formula is C14H22N2OS. The summed E-state index contributed by atoms with van der Waals surface area (Å²) in [6.07, 6.45) is 0.995. The molecule has 0 fully saturated rings. The molecule has 1 unspecified atom stereocenters. The van der Waals surface area contributed by atoms with Crippen LogP contribution in [0, 0.1) is 6.92 Å². The van der Waals surface area contributed by atoms with Crippen LogP contribution in [0.25, 0.3) is 0 Å². The molecule has 0 aromatic heterocycles. The SMILES string of the molecule is CCC(NC(=S)NCCOC)c1ccc(C)cc1. The summed E-state index contributed by atoms with van der Waals surface area (Å²) in [6, 6.07) is 8.80. The fourth-order valence-electron chi connectivity index (χ4n) is 1.70. The van der Waals surface area contributed by atoms with Gasteiger partial charge in [-0.15, -0.1) is 0 Å². The zero-order valence-corrected chi connectivity index (χ0v) is 12.1. The predicted molar refractivity (Wildman–Crippen MR) is 79.8 cm³/mol. The second kappa shape index (κ2) is 8.06. The highest BCUT2D eigenvalue weighted by molar-refractivity contribution is 7.80. The van der Waals surface area contributed by atoms with E-state index in [1.165, 1.54) is 11.1 Å². The van der Waals surface area contributed by atoms with Crippen LogP contribution < -0.4 is 10.6 Å². The molecule has 100 valence electrons. The van der Waals surface area contributed by atoms with Gasteiger partial charge in [-0.05, 0) is 31.1 Å². The van der Waals surface area contributed by atoms with E-state index in [4.69, 9.17) is 17.0 Å². The fraction of sp³-hybridized carbons (Fsp3) is 0.500. The molecule has 18 heavy (non-hydrogen) atoms. The molecule has 0 aliphatic carbocycles. The Bertz CT molecular complexity index is 365. The molecule has 0 aliphatic rings. The molecule has 0 radical (unpaired) electrons. The van der Waals surface area contributed by atoms with Crippen molar-refractivity contribution in [3.63, 3.8) is 0 Å². The molecule has 0 aliphatic heterocycles. The van der Waals surface area contributed by atoms with Gasteiger partial charge >= 0.3 is 0 Å². The van der Waals surface area contributed by atoms with Gasteiger partial charge in [-0.3, -0.25) is 0 Å². The van der Waals surface area contributed by atoms with E-state index in [-0.39, 0.29) is 6.04 Å². The van der Waals surface area contributed by atoms with Crippen LogP contribution in [0.5, 0.6) is 0 Å². The van der Waals surface area contributed by atoms with Crippen LogP contribution in [-0.2, 0) is 4.74 Å². The molecule has 0 saturated heterocycles. The lowest BCUT2D eigenvalue weighted by atomic mass is 10.0. The van der Waals surface area contributed by atoms with Crippen molar-refractivity contribution >= 4 is 17.3 Å². The number of nitrogens with one attached hydrogen (secondary N) is 2. The maximum Gasteiger partial charge on any atom is 0.166 e. The zero-order valence-electron chi connectivity index (χ0n) is 11.3. The molecule has 0 heterocycles. The summed E-state index contributed by atoms with van der Waals surface area (Å²) in [5.41, 5.74) is 2.54. The standard InChI is InChI=1S/C14H22N2OS/c1-4-13(12-7-5-11(2)6-8-12)16-14(18)15-9-10-17-3/h5-8,13H,4,9-10H2,1-3H3,(H2,15,16,18). The maximum atomic E-state index is 5.26. The van der Waals surface area contributed by atoms with E-state index < -0.39 is 0 Å². The van der Waals surface area contributed by atoms with Gasteiger partial charge in [0.15, 0.2) is 5.11 Å². The third kappa shape index (κ3) is 5.02. The molecule has 4 heteroatoms. The fourth-order valence-corrected chi connectivity index (χ4v) is 1.94. The Morgan fingerprint density at radius 1 is 1.33 bits per heavy atom. The minimum absolute atomic E-state index is 0.258. The van der Waals surface area contributed by atoms with Gasteiger partial charge in [0.2, 0.25) is 0 Å². The van der Waals surface area contributed by atoms with Crippen LogP contribution in [0.3, 0.4) is 0 Å². The van der Waals surface area contributed by atoms with Gasteiger partial charge in [0.25, 0.3) is 0 Å². The topological polar surface area (TPSA) is 33.3 Å². The Hall–Kier alpha value is -1.13. The number of aryl methyl sites for hydroxylation is 1. The van der Waals surface area contributed by atoms with Crippen molar-refractivity contribution in [1.29, 1.82) is 0 Å². The second-order valence-corrected chi connectivity index (χ2v) is 4.67. The molecule has 1 aromatic rings. The summed E-state index contributed by atoms with van der Waals surface area (Å²) >= 11 is 5.26. The highest BCUT2D eigenvalue weighted by Gasteiger charge is 2.09. The maximum absolute atomic E-state index is 5.26.